The standard InChI is InChI=1S/C12H12FNO3/c1-8(15)11-6-9(13)2-3-12(11)16-7-10-4-5-14-17-10/h2-6,8,15H,7H2,1H3. The molecule has 1 aromatic heterocycles. The molecule has 0 saturated carbocycles. The zero-order chi connectivity index (χ0) is 12.3. The van der Waals surface area contributed by atoms with Crippen LogP contribution in [0.1, 0.15) is 24.4 Å². The summed E-state index contributed by atoms with van der Waals surface area (Å²) in [7, 11) is 0. The van der Waals surface area contributed by atoms with E-state index in [1.165, 1.54) is 24.4 Å². The Balaban J connectivity index is 2.14. The number of benzene rings is 1. The van der Waals surface area contributed by atoms with Crippen molar-refractivity contribution in [2.24, 2.45) is 0 Å². The molecule has 0 fully saturated rings. The van der Waals surface area contributed by atoms with Gasteiger partial charge in [0.1, 0.15) is 18.2 Å². The molecule has 17 heavy (non-hydrogen) atoms. The van der Waals surface area contributed by atoms with Gasteiger partial charge in [-0.2, -0.15) is 0 Å². The van der Waals surface area contributed by atoms with Crippen LogP contribution < -0.4 is 4.74 Å². The van der Waals surface area contributed by atoms with Crippen LogP contribution in [0.3, 0.4) is 0 Å². The summed E-state index contributed by atoms with van der Waals surface area (Å²) in [6.45, 7) is 1.74. The van der Waals surface area contributed by atoms with Crippen molar-refractivity contribution in [3.63, 3.8) is 0 Å². The molecule has 0 aliphatic rings. The van der Waals surface area contributed by atoms with Crippen LogP contribution in [-0.4, -0.2) is 10.3 Å². The first-order valence-electron chi connectivity index (χ1n) is 5.16. The predicted octanol–water partition coefficient (Wildman–Crippen LogP) is 2.45. The smallest absolute Gasteiger partial charge is 0.174 e. The number of ether oxygens (including phenoxy) is 1. The van der Waals surface area contributed by atoms with Gasteiger partial charge in [0.2, 0.25) is 0 Å². The summed E-state index contributed by atoms with van der Waals surface area (Å²) in [4.78, 5) is 0. The molecule has 1 N–H and O–H groups in total. The lowest BCUT2D eigenvalue weighted by Gasteiger charge is -2.12. The van der Waals surface area contributed by atoms with Crippen LogP contribution in [0.25, 0.3) is 0 Å². The number of hydrogen-bond acceptors (Lipinski definition) is 4. The Hall–Kier alpha value is -1.88. The van der Waals surface area contributed by atoms with Crippen LogP contribution in [0, 0.1) is 5.82 Å². The zero-order valence-electron chi connectivity index (χ0n) is 9.26. The second-order valence-corrected chi connectivity index (χ2v) is 3.63. The van der Waals surface area contributed by atoms with Gasteiger partial charge < -0.3 is 14.4 Å². The molecule has 90 valence electrons. The summed E-state index contributed by atoms with van der Waals surface area (Å²) in [6.07, 6.45) is 0.717. The molecule has 0 radical (unpaired) electrons. The first-order chi connectivity index (χ1) is 8.16. The van der Waals surface area contributed by atoms with Crippen LogP contribution in [0.15, 0.2) is 35.0 Å². The van der Waals surface area contributed by atoms with E-state index in [9.17, 15) is 9.50 Å². The van der Waals surface area contributed by atoms with E-state index >= 15 is 0 Å². The highest BCUT2D eigenvalue weighted by atomic mass is 19.1. The van der Waals surface area contributed by atoms with Gasteiger partial charge in [0.15, 0.2) is 5.76 Å². The van der Waals surface area contributed by atoms with E-state index in [2.05, 4.69) is 5.16 Å². The Morgan fingerprint density at radius 3 is 2.94 bits per heavy atom. The highest BCUT2D eigenvalue weighted by Gasteiger charge is 2.11. The van der Waals surface area contributed by atoms with Gasteiger partial charge in [-0.25, -0.2) is 4.39 Å². The van der Waals surface area contributed by atoms with E-state index in [0.717, 1.165) is 0 Å². The average Bonchev–Trinajstić information content (AvgIpc) is 2.80. The minimum Gasteiger partial charge on any atom is -0.485 e. The summed E-state index contributed by atoms with van der Waals surface area (Å²) < 4.78 is 23.3. The van der Waals surface area contributed by atoms with Crippen LogP contribution in [0.5, 0.6) is 5.75 Å². The Kier molecular flexibility index (Phi) is 3.39. The van der Waals surface area contributed by atoms with Gasteiger partial charge in [0, 0.05) is 11.6 Å². The van der Waals surface area contributed by atoms with Gasteiger partial charge >= 0.3 is 0 Å². The van der Waals surface area contributed by atoms with Crippen molar-refractivity contribution in [3.8, 4) is 5.75 Å². The molecule has 4 nitrogen and oxygen atoms in total. The lowest BCUT2D eigenvalue weighted by Crippen LogP contribution is -2.01. The molecule has 1 aromatic carbocycles. The molecule has 0 bridgehead atoms. The van der Waals surface area contributed by atoms with Gasteiger partial charge in [0.25, 0.3) is 0 Å². The van der Waals surface area contributed by atoms with E-state index in [-0.39, 0.29) is 6.61 Å². The molecule has 1 atom stereocenters. The second kappa shape index (κ2) is 4.97. The van der Waals surface area contributed by atoms with E-state index in [0.29, 0.717) is 17.1 Å². The minimum atomic E-state index is -0.796. The first kappa shape index (κ1) is 11.6. The fraction of sp³-hybridized carbons (Fsp3) is 0.250. The fourth-order valence-corrected chi connectivity index (χ4v) is 1.44. The molecule has 0 aliphatic carbocycles. The molecule has 0 aliphatic heterocycles. The van der Waals surface area contributed by atoms with Crippen molar-refractivity contribution in [2.75, 3.05) is 0 Å². The Morgan fingerprint density at radius 2 is 2.29 bits per heavy atom. The highest BCUT2D eigenvalue weighted by molar-refractivity contribution is 5.35. The molecular formula is C12H12FNO3. The van der Waals surface area contributed by atoms with Crippen molar-refractivity contribution in [1.82, 2.24) is 5.16 Å². The number of aromatic nitrogens is 1. The summed E-state index contributed by atoms with van der Waals surface area (Å²) in [5, 5.41) is 13.0. The van der Waals surface area contributed by atoms with Gasteiger partial charge in [-0.15, -0.1) is 0 Å². The number of aliphatic hydroxyl groups excluding tert-OH is 1. The van der Waals surface area contributed by atoms with E-state index in [1.54, 1.807) is 13.0 Å². The molecule has 0 spiro atoms. The largest absolute Gasteiger partial charge is 0.485 e. The molecule has 0 amide bonds. The van der Waals surface area contributed by atoms with Crippen LogP contribution in [0.4, 0.5) is 4.39 Å². The summed E-state index contributed by atoms with van der Waals surface area (Å²) >= 11 is 0. The maximum Gasteiger partial charge on any atom is 0.174 e. The van der Waals surface area contributed by atoms with Gasteiger partial charge in [0.05, 0.1) is 12.3 Å². The monoisotopic (exact) mass is 237 g/mol. The van der Waals surface area contributed by atoms with Crippen molar-refractivity contribution >= 4 is 0 Å². The van der Waals surface area contributed by atoms with Crippen molar-refractivity contribution in [1.29, 1.82) is 0 Å². The quantitative estimate of drug-likeness (QED) is 0.887. The number of nitrogens with zero attached hydrogens (tertiary/aromatic N) is 1. The van der Waals surface area contributed by atoms with E-state index in [1.807, 2.05) is 0 Å². The topological polar surface area (TPSA) is 55.5 Å². The molecule has 5 heteroatoms. The van der Waals surface area contributed by atoms with Crippen molar-refractivity contribution in [2.45, 2.75) is 19.6 Å². The first-order valence-corrected chi connectivity index (χ1v) is 5.16. The Labute approximate surface area is 97.6 Å². The maximum absolute atomic E-state index is 13.0. The zero-order valence-corrected chi connectivity index (χ0v) is 9.26. The third-order valence-electron chi connectivity index (χ3n) is 2.28. The van der Waals surface area contributed by atoms with Crippen LogP contribution in [0.2, 0.25) is 0 Å². The SMILES string of the molecule is CC(O)c1cc(F)ccc1OCc1ccno1. The second-order valence-electron chi connectivity index (χ2n) is 3.63. The van der Waals surface area contributed by atoms with Gasteiger partial charge in [-0.05, 0) is 25.1 Å². The van der Waals surface area contributed by atoms with Crippen LogP contribution in [-0.2, 0) is 6.61 Å². The molecule has 1 heterocycles. The van der Waals surface area contributed by atoms with Gasteiger partial charge in [-0.3, -0.25) is 0 Å². The predicted molar refractivity (Wildman–Crippen MR) is 57.9 cm³/mol. The lowest BCUT2D eigenvalue weighted by molar-refractivity contribution is 0.185. The van der Waals surface area contributed by atoms with E-state index in [4.69, 9.17) is 9.26 Å². The number of hydrogen-bond donors (Lipinski definition) is 1. The number of halogens is 1. The summed E-state index contributed by atoms with van der Waals surface area (Å²) in [5.74, 6) is 0.580. The summed E-state index contributed by atoms with van der Waals surface area (Å²) in [5.41, 5.74) is 0.407. The Morgan fingerprint density at radius 1 is 1.47 bits per heavy atom. The third kappa shape index (κ3) is 2.82. The molecule has 0 saturated heterocycles. The van der Waals surface area contributed by atoms with Crippen molar-refractivity contribution in [3.05, 3.63) is 47.6 Å². The Bertz CT molecular complexity index is 483. The highest BCUT2D eigenvalue weighted by Crippen LogP contribution is 2.26. The normalized spacial score (nSPS) is 12.4. The number of aliphatic hydroxyl groups is 1. The molecule has 1 unspecified atom stereocenters. The molecular weight excluding hydrogens is 225 g/mol. The molecule has 2 aromatic rings. The number of rotatable bonds is 4. The average molecular weight is 237 g/mol. The maximum atomic E-state index is 13.0. The van der Waals surface area contributed by atoms with Gasteiger partial charge in [-0.1, -0.05) is 5.16 Å². The third-order valence-corrected chi connectivity index (χ3v) is 2.28. The fourth-order valence-electron chi connectivity index (χ4n) is 1.44. The minimum absolute atomic E-state index is 0.186. The van der Waals surface area contributed by atoms with E-state index < -0.39 is 11.9 Å². The lowest BCUT2D eigenvalue weighted by atomic mass is 10.1. The van der Waals surface area contributed by atoms with Crippen LogP contribution >= 0.6 is 0 Å². The van der Waals surface area contributed by atoms with Crippen molar-refractivity contribution < 1.29 is 18.8 Å². The molecule has 2 rings (SSSR count). The summed E-state index contributed by atoms with van der Waals surface area (Å²) in [6, 6.07) is 5.68.